The molecule has 0 aliphatic carbocycles. The van der Waals surface area contributed by atoms with E-state index in [4.69, 9.17) is 9.84 Å². The Labute approximate surface area is 110 Å². The van der Waals surface area contributed by atoms with Gasteiger partial charge in [0.2, 0.25) is 5.88 Å². The SMILES string of the molecule is COc1cc(NC(=O)N(C)CC(C)C(=O)O)ncn1. The second-order valence-corrected chi connectivity index (χ2v) is 4.00. The highest BCUT2D eigenvalue weighted by Crippen LogP contribution is 2.10. The van der Waals surface area contributed by atoms with Crippen LogP contribution >= 0.6 is 0 Å². The van der Waals surface area contributed by atoms with E-state index in [0.717, 1.165) is 0 Å². The van der Waals surface area contributed by atoms with Crippen molar-refractivity contribution in [3.8, 4) is 5.88 Å². The molecule has 19 heavy (non-hydrogen) atoms. The van der Waals surface area contributed by atoms with Gasteiger partial charge in [0.1, 0.15) is 12.1 Å². The van der Waals surface area contributed by atoms with Crippen LogP contribution in [0.3, 0.4) is 0 Å². The molecule has 1 aromatic heterocycles. The van der Waals surface area contributed by atoms with Crippen LogP contribution in [0.2, 0.25) is 0 Å². The molecule has 8 nitrogen and oxygen atoms in total. The molecule has 2 amide bonds. The average molecular weight is 268 g/mol. The Morgan fingerprint density at radius 1 is 1.53 bits per heavy atom. The van der Waals surface area contributed by atoms with E-state index in [1.54, 1.807) is 0 Å². The van der Waals surface area contributed by atoms with E-state index in [2.05, 4.69) is 15.3 Å². The van der Waals surface area contributed by atoms with Crippen LogP contribution in [0.5, 0.6) is 5.88 Å². The second kappa shape index (κ2) is 6.53. The molecule has 0 aliphatic heterocycles. The van der Waals surface area contributed by atoms with E-state index in [-0.39, 0.29) is 12.4 Å². The first-order valence-electron chi connectivity index (χ1n) is 5.55. The van der Waals surface area contributed by atoms with Crippen LogP contribution < -0.4 is 10.1 Å². The number of anilines is 1. The van der Waals surface area contributed by atoms with Crippen molar-refractivity contribution in [1.82, 2.24) is 14.9 Å². The summed E-state index contributed by atoms with van der Waals surface area (Å²) in [6.07, 6.45) is 1.26. The van der Waals surface area contributed by atoms with Crippen molar-refractivity contribution in [2.24, 2.45) is 5.92 Å². The number of rotatable bonds is 5. The first-order chi connectivity index (χ1) is 8.93. The fourth-order valence-corrected chi connectivity index (χ4v) is 1.30. The third-order valence-electron chi connectivity index (χ3n) is 2.40. The molecule has 0 aromatic carbocycles. The fraction of sp³-hybridized carbons (Fsp3) is 0.455. The Kier molecular flexibility index (Phi) is 5.04. The molecule has 0 spiro atoms. The lowest BCUT2D eigenvalue weighted by Crippen LogP contribution is -2.36. The standard InChI is InChI=1S/C11H16N4O4/c1-7(10(16)17)5-15(2)11(18)14-8-4-9(19-3)13-6-12-8/h4,6-7H,5H2,1-3H3,(H,16,17)(H,12,13,14,18). The van der Waals surface area contributed by atoms with Crippen LogP contribution in [0.15, 0.2) is 12.4 Å². The number of carbonyl (C=O) groups excluding carboxylic acids is 1. The molecule has 1 unspecified atom stereocenters. The van der Waals surface area contributed by atoms with Crippen LogP contribution in [0.4, 0.5) is 10.6 Å². The topological polar surface area (TPSA) is 105 Å². The Balaban J connectivity index is 2.60. The molecule has 8 heteroatoms. The summed E-state index contributed by atoms with van der Waals surface area (Å²) in [7, 11) is 2.96. The van der Waals surface area contributed by atoms with E-state index < -0.39 is 17.9 Å². The van der Waals surface area contributed by atoms with E-state index in [1.165, 1.54) is 38.4 Å². The van der Waals surface area contributed by atoms with Gasteiger partial charge in [-0.1, -0.05) is 6.92 Å². The summed E-state index contributed by atoms with van der Waals surface area (Å²) in [5, 5.41) is 11.3. The molecule has 2 N–H and O–H groups in total. The van der Waals surface area contributed by atoms with Crippen molar-refractivity contribution in [3.05, 3.63) is 12.4 Å². The van der Waals surface area contributed by atoms with Crippen LogP contribution in [0, 0.1) is 5.92 Å². The predicted molar refractivity (Wildman–Crippen MR) is 67.0 cm³/mol. The van der Waals surface area contributed by atoms with E-state index in [9.17, 15) is 9.59 Å². The number of ether oxygens (including phenoxy) is 1. The molecule has 0 fully saturated rings. The molecule has 1 heterocycles. The molecular formula is C11H16N4O4. The number of aliphatic carboxylic acids is 1. The van der Waals surface area contributed by atoms with Gasteiger partial charge in [0.15, 0.2) is 0 Å². The highest BCUT2D eigenvalue weighted by molar-refractivity contribution is 5.88. The Morgan fingerprint density at radius 3 is 2.79 bits per heavy atom. The zero-order chi connectivity index (χ0) is 14.4. The van der Waals surface area contributed by atoms with Crippen molar-refractivity contribution in [1.29, 1.82) is 0 Å². The minimum absolute atomic E-state index is 0.101. The number of nitrogens with one attached hydrogen (secondary N) is 1. The van der Waals surface area contributed by atoms with Gasteiger partial charge in [0, 0.05) is 19.7 Å². The van der Waals surface area contributed by atoms with Crippen molar-refractivity contribution in [3.63, 3.8) is 0 Å². The summed E-state index contributed by atoms with van der Waals surface area (Å²) in [6, 6.07) is 1.01. The number of carboxylic acid groups (broad SMARTS) is 1. The van der Waals surface area contributed by atoms with Crippen molar-refractivity contribution in [2.45, 2.75) is 6.92 Å². The van der Waals surface area contributed by atoms with Gasteiger partial charge in [0.05, 0.1) is 13.0 Å². The van der Waals surface area contributed by atoms with Crippen molar-refractivity contribution < 1.29 is 19.4 Å². The van der Waals surface area contributed by atoms with E-state index in [1.807, 2.05) is 0 Å². The van der Waals surface area contributed by atoms with Crippen LogP contribution in [0.1, 0.15) is 6.92 Å². The molecule has 1 rings (SSSR count). The number of hydrogen-bond donors (Lipinski definition) is 2. The minimum Gasteiger partial charge on any atom is -0.481 e. The second-order valence-electron chi connectivity index (χ2n) is 4.00. The normalized spacial score (nSPS) is 11.5. The number of methoxy groups -OCH3 is 1. The number of carboxylic acids is 1. The number of carbonyl (C=O) groups is 2. The maximum atomic E-state index is 11.8. The van der Waals surface area contributed by atoms with Gasteiger partial charge in [-0.25, -0.2) is 14.8 Å². The van der Waals surface area contributed by atoms with Gasteiger partial charge in [-0.3, -0.25) is 10.1 Å². The molecule has 0 radical (unpaired) electrons. The quantitative estimate of drug-likeness (QED) is 0.813. The highest BCUT2D eigenvalue weighted by atomic mass is 16.5. The summed E-state index contributed by atoms with van der Waals surface area (Å²) in [5.74, 6) is -0.988. The van der Waals surface area contributed by atoms with Gasteiger partial charge in [-0.05, 0) is 0 Å². The molecule has 104 valence electrons. The van der Waals surface area contributed by atoms with Gasteiger partial charge in [-0.2, -0.15) is 0 Å². The molecule has 0 saturated heterocycles. The molecule has 0 saturated carbocycles. The van der Waals surface area contributed by atoms with Gasteiger partial charge < -0.3 is 14.7 Å². The number of hydrogen-bond acceptors (Lipinski definition) is 5. The smallest absolute Gasteiger partial charge is 0.322 e. The number of amides is 2. The zero-order valence-electron chi connectivity index (χ0n) is 11.0. The van der Waals surface area contributed by atoms with Gasteiger partial charge >= 0.3 is 12.0 Å². The lowest BCUT2D eigenvalue weighted by Gasteiger charge is -2.19. The molecule has 0 bridgehead atoms. The van der Waals surface area contributed by atoms with Gasteiger partial charge in [-0.15, -0.1) is 0 Å². The lowest BCUT2D eigenvalue weighted by molar-refractivity contribution is -0.141. The summed E-state index contributed by atoms with van der Waals surface area (Å²) < 4.78 is 4.90. The Hall–Kier alpha value is -2.38. The van der Waals surface area contributed by atoms with Gasteiger partial charge in [0.25, 0.3) is 0 Å². The van der Waals surface area contributed by atoms with Crippen molar-refractivity contribution >= 4 is 17.8 Å². The lowest BCUT2D eigenvalue weighted by atomic mass is 10.2. The van der Waals surface area contributed by atoms with Crippen molar-refractivity contribution in [2.75, 3.05) is 26.0 Å². The first kappa shape index (κ1) is 14.7. The molecule has 1 atom stereocenters. The zero-order valence-corrected chi connectivity index (χ0v) is 11.0. The van der Waals surface area contributed by atoms with Crippen LogP contribution in [-0.2, 0) is 4.79 Å². The Bertz CT molecular complexity index is 466. The molecule has 1 aromatic rings. The average Bonchev–Trinajstić information content (AvgIpc) is 2.38. The summed E-state index contributed by atoms with van der Waals surface area (Å²) in [4.78, 5) is 31.4. The largest absolute Gasteiger partial charge is 0.481 e. The number of urea groups is 1. The van der Waals surface area contributed by atoms with Crippen LogP contribution in [-0.4, -0.2) is 52.7 Å². The Morgan fingerprint density at radius 2 is 2.21 bits per heavy atom. The maximum Gasteiger partial charge on any atom is 0.322 e. The van der Waals surface area contributed by atoms with Crippen LogP contribution in [0.25, 0.3) is 0 Å². The molecular weight excluding hydrogens is 252 g/mol. The fourth-order valence-electron chi connectivity index (χ4n) is 1.30. The third-order valence-corrected chi connectivity index (χ3v) is 2.40. The number of nitrogens with zero attached hydrogens (tertiary/aromatic N) is 3. The maximum absolute atomic E-state index is 11.8. The summed E-state index contributed by atoms with van der Waals surface area (Å²) in [5.41, 5.74) is 0. The minimum atomic E-state index is -0.955. The summed E-state index contributed by atoms with van der Waals surface area (Å²) >= 11 is 0. The number of aromatic nitrogens is 2. The summed E-state index contributed by atoms with van der Waals surface area (Å²) in [6.45, 7) is 1.63. The third kappa shape index (κ3) is 4.41. The highest BCUT2D eigenvalue weighted by Gasteiger charge is 2.17. The first-order valence-corrected chi connectivity index (χ1v) is 5.55. The monoisotopic (exact) mass is 268 g/mol. The van der Waals surface area contributed by atoms with E-state index in [0.29, 0.717) is 5.88 Å². The molecule has 0 aliphatic rings. The predicted octanol–water partition coefficient (Wildman–Crippen LogP) is 0.670. The van der Waals surface area contributed by atoms with E-state index >= 15 is 0 Å².